The highest BCUT2D eigenvalue weighted by Gasteiger charge is 2.10. The topological polar surface area (TPSA) is 121 Å². The summed E-state index contributed by atoms with van der Waals surface area (Å²) in [7, 11) is 0. The second kappa shape index (κ2) is 8.56. The predicted octanol–water partition coefficient (Wildman–Crippen LogP) is 2.31. The summed E-state index contributed by atoms with van der Waals surface area (Å²) in [4.78, 5) is 27.7. The molecule has 26 heavy (non-hydrogen) atoms. The Morgan fingerprint density at radius 3 is 2.62 bits per heavy atom. The highest BCUT2D eigenvalue weighted by molar-refractivity contribution is 5.93. The summed E-state index contributed by atoms with van der Waals surface area (Å²) in [5.74, 6) is -0.573. The van der Waals surface area contributed by atoms with Crippen molar-refractivity contribution in [1.82, 2.24) is 10.4 Å². The van der Waals surface area contributed by atoms with Gasteiger partial charge in [-0.2, -0.15) is 5.10 Å². The van der Waals surface area contributed by atoms with Crippen LogP contribution < -0.4 is 10.3 Å². The number of carbonyl (C=O) groups is 1. The SMILES string of the molecule is CCN(CC)c1ccc(/C=N\NC(=O)c2ccc([N+](=O)[O-])cn2)c(O)c1. The number of aromatic hydroxyl groups is 1. The molecule has 0 atom stereocenters. The summed E-state index contributed by atoms with van der Waals surface area (Å²) in [5.41, 5.74) is 3.38. The van der Waals surface area contributed by atoms with Gasteiger partial charge in [-0.1, -0.05) is 0 Å². The van der Waals surface area contributed by atoms with Crippen molar-refractivity contribution in [1.29, 1.82) is 0 Å². The number of nitrogens with zero attached hydrogens (tertiary/aromatic N) is 4. The van der Waals surface area contributed by atoms with Gasteiger partial charge in [0.15, 0.2) is 0 Å². The molecule has 1 heterocycles. The van der Waals surface area contributed by atoms with Crippen molar-refractivity contribution in [3.8, 4) is 5.75 Å². The average Bonchev–Trinajstić information content (AvgIpc) is 2.64. The Morgan fingerprint density at radius 1 is 1.35 bits per heavy atom. The Labute approximate surface area is 150 Å². The number of aromatic nitrogens is 1. The zero-order valence-corrected chi connectivity index (χ0v) is 14.4. The van der Waals surface area contributed by atoms with Crippen molar-refractivity contribution in [3.05, 3.63) is 57.9 Å². The smallest absolute Gasteiger partial charge is 0.289 e. The number of amides is 1. The van der Waals surface area contributed by atoms with Gasteiger partial charge in [0.05, 0.1) is 11.1 Å². The molecule has 0 saturated heterocycles. The third kappa shape index (κ3) is 4.53. The average molecular weight is 357 g/mol. The number of anilines is 1. The zero-order valence-electron chi connectivity index (χ0n) is 14.4. The molecule has 2 aromatic rings. The quantitative estimate of drug-likeness (QED) is 0.445. The molecule has 1 aromatic heterocycles. The van der Waals surface area contributed by atoms with E-state index in [0.29, 0.717) is 5.56 Å². The molecule has 0 bridgehead atoms. The van der Waals surface area contributed by atoms with Crippen LogP contribution in [-0.2, 0) is 0 Å². The van der Waals surface area contributed by atoms with Crippen LogP contribution in [0.3, 0.4) is 0 Å². The minimum atomic E-state index is -0.615. The third-order valence-corrected chi connectivity index (χ3v) is 3.70. The van der Waals surface area contributed by atoms with Crippen molar-refractivity contribution >= 4 is 23.5 Å². The lowest BCUT2D eigenvalue weighted by Crippen LogP contribution is -2.21. The summed E-state index contributed by atoms with van der Waals surface area (Å²) in [6, 6.07) is 7.60. The first kappa shape index (κ1) is 18.8. The number of hydrogen-bond acceptors (Lipinski definition) is 7. The van der Waals surface area contributed by atoms with E-state index in [4.69, 9.17) is 0 Å². The number of benzene rings is 1. The van der Waals surface area contributed by atoms with Gasteiger partial charge in [-0.15, -0.1) is 0 Å². The van der Waals surface area contributed by atoms with E-state index >= 15 is 0 Å². The molecular weight excluding hydrogens is 338 g/mol. The molecule has 136 valence electrons. The van der Waals surface area contributed by atoms with Gasteiger partial charge in [0.1, 0.15) is 17.6 Å². The number of phenols is 1. The van der Waals surface area contributed by atoms with Crippen molar-refractivity contribution in [2.24, 2.45) is 5.10 Å². The van der Waals surface area contributed by atoms with Crippen LogP contribution in [0.2, 0.25) is 0 Å². The first-order valence-corrected chi connectivity index (χ1v) is 7.98. The summed E-state index contributed by atoms with van der Waals surface area (Å²) in [6.07, 6.45) is 2.31. The number of hydrogen-bond donors (Lipinski definition) is 2. The Kier molecular flexibility index (Phi) is 6.20. The lowest BCUT2D eigenvalue weighted by Gasteiger charge is -2.21. The molecule has 9 heteroatoms. The first-order chi connectivity index (χ1) is 12.5. The molecule has 0 unspecified atom stereocenters. The monoisotopic (exact) mass is 357 g/mol. The molecule has 0 saturated carbocycles. The molecule has 2 N–H and O–H groups in total. The van der Waals surface area contributed by atoms with E-state index in [2.05, 4.69) is 20.4 Å². The number of nitrogens with one attached hydrogen (secondary N) is 1. The largest absolute Gasteiger partial charge is 0.507 e. The molecule has 0 spiro atoms. The molecule has 0 fully saturated rings. The van der Waals surface area contributed by atoms with Gasteiger partial charge < -0.3 is 10.0 Å². The summed E-state index contributed by atoms with van der Waals surface area (Å²) in [5, 5.41) is 24.4. The van der Waals surface area contributed by atoms with Gasteiger partial charge in [0.2, 0.25) is 0 Å². The van der Waals surface area contributed by atoms with Gasteiger partial charge in [0, 0.05) is 36.5 Å². The number of phenolic OH excluding ortho intramolecular Hbond substituents is 1. The molecular formula is C17H19N5O4. The van der Waals surface area contributed by atoms with E-state index in [9.17, 15) is 20.0 Å². The van der Waals surface area contributed by atoms with E-state index in [1.54, 1.807) is 12.1 Å². The van der Waals surface area contributed by atoms with Crippen LogP contribution in [-0.4, -0.2) is 40.2 Å². The van der Waals surface area contributed by atoms with E-state index in [0.717, 1.165) is 25.0 Å². The first-order valence-electron chi connectivity index (χ1n) is 7.98. The minimum absolute atomic E-state index is 0.00569. The standard InChI is InChI=1S/C17H19N5O4/c1-3-21(4-2)13-6-5-12(16(23)9-13)10-19-20-17(24)15-8-7-14(11-18-15)22(25)26/h5-11,23H,3-4H2,1-2H3,(H,20,24)/b19-10-. The molecule has 0 aliphatic rings. The molecule has 0 aliphatic carbocycles. The molecule has 1 amide bonds. The summed E-state index contributed by atoms with van der Waals surface area (Å²) >= 11 is 0. The maximum absolute atomic E-state index is 11.9. The van der Waals surface area contributed by atoms with Crippen LogP contribution in [0, 0.1) is 10.1 Å². The summed E-state index contributed by atoms with van der Waals surface area (Å²) in [6.45, 7) is 5.69. The third-order valence-electron chi connectivity index (χ3n) is 3.70. The van der Waals surface area contributed by atoms with Crippen molar-refractivity contribution in [2.75, 3.05) is 18.0 Å². The second-order valence-corrected chi connectivity index (χ2v) is 5.27. The fourth-order valence-corrected chi connectivity index (χ4v) is 2.27. The number of hydrazone groups is 1. The number of rotatable bonds is 7. The summed E-state index contributed by atoms with van der Waals surface area (Å²) < 4.78 is 0. The fourth-order valence-electron chi connectivity index (χ4n) is 2.27. The minimum Gasteiger partial charge on any atom is -0.507 e. The van der Waals surface area contributed by atoms with Gasteiger partial charge >= 0.3 is 0 Å². The van der Waals surface area contributed by atoms with Gasteiger partial charge in [-0.3, -0.25) is 14.9 Å². The molecule has 1 aromatic carbocycles. The highest BCUT2D eigenvalue weighted by atomic mass is 16.6. The van der Waals surface area contributed by atoms with Crippen molar-refractivity contribution in [2.45, 2.75) is 13.8 Å². The Bertz CT molecular complexity index is 816. The van der Waals surface area contributed by atoms with Crippen LogP contribution in [0.4, 0.5) is 11.4 Å². The fraction of sp³-hybridized carbons (Fsp3) is 0.235. The van der Waals surface area contributed by atoms with E-state index in [1.807, 2.05) is 19.9 Å². The number of pyridine rings is 1. The van der Waals surface area contributed by atoms with Crippen molar-refractivity contribution < 1.29 is 14.8 Å². The van der Waals surface area contributed by atoms with Crippen LogP contribution in [0.1, 0.15) is 29.9 Å². The maximum Gasteiger partial charge on any atom is 0.289 e. The molecule has 0 aliphatic heterocycles. The molecule has 9 nitrogen and oxygen atoms in total. The van der Waals surface area contributed by atoms with Gasteiger partial charge in [-0.05, 0) is 32.0 Å². The Hall–Kier alpha value is -3.49. The predicted molar refractivity (Wildman–Crippen MR) is 97.6 cm³/mol. The van der Waals surface area contributed by atoms with Crippen LogP contribution in [0.25, 0.3) is 0 Å². The van der Waals surface area contributed by atoms with Crippen LogP contribution in [0.5, 0.6) is 5.75 Å². The Morgan fingerprint density at radius 2 is 2.08 bits per heavy atom. The van der Waals surface area contributed by atoms with Crippen molar-refractivity contribution in [3.63, 3.8) is 0 Å². The van der Waals surface area contributed by atoms with Crippen LogP contribution >= 0.6 is 0 Å². The zero-order chi connectivity index (χ0) is 19.1. The highest BCUT2D eigenvalue weighted by Crippen LogP contribution is 2.23. The lowest BCUT2D eigenvalue weighted by atomic mass is 10.2. The van der Waals surface area contributed by atoms with E-state index in [-0.39, 0.29) is 17.1 Å². The number of nitro groups is 1. The molecule has 0 radical (unpaired) electrons. The lowest BCUT2D eigenvalue weighted by molar-refractivity contribution is -0.385. The second-order valence-electron chi connectivity index (χ2n) is 5.27. The van der Waals surface area contributed by atoms with Gasteiger partial charge in [0.25, 0.3) is 11.6 Å². The molecule has 2 rings (SSSR count). The Balaban J connectivity index is 2.03. The van der Waals surface area contributed by atoms with Crippen LogP contribution in [0.15, 0.2) is 41.6 Å². The van der Waals surface area contributed by atoms with E-state index in [1.165, 1.54) is 18.3 Å². The normalized spacial score (nSPS) is 10.7. The number of carbonyl (C=O) groups excluding carboxylic acids is 1. The van der Waals surface area contributed by atoms with Gasteiger partial charge in [-0.25, -0.2) is 10.4 Å². The van der Waals surface area contributed by atoms with E-state index < -0.39 is 10.8 Å². The maximum atomic E-state index is 11.9.